The van der Waals surface area contributed by atoms with Gasteiger partial charge in [-0.1, -0.05) is 45.2 Å². The summed E-state index contributed by atoms with van der Waals surface area (Å²) in [5, 5.41) is 0. The predicted octanol–water partition coefficient (Wildman–Crippen LogP) is 3.48. The topological polar surface area (TPSA) is 52.6 Å². The summed E-state index contributed by atoms with van der Waals surface area (Å²) >= 11 is 5.53. The average Bonchev–Trinajstić information content (AvgIpc) is 3.37. The van der Waals surface area contributed by atoms with Crippen LogP contribution in [0.2, 0.25) is 0 Å². The van der Waals surface area contributed by atoms with E-state index in [1.165, 1.54) is 12.8 Å². The number of fused-ring (bicyclic) bond motifs is 6. The maximum atomic E-state index is 11.1. The molecule has 6 aliphatic carbocycles. The second kappa shape index (κ2) is 5.95. The van der Waals surface area contributed by atoms with E-state index < -0.39 is 0 Å². The highest BCUT2D eigenvalue weighted by Gasteiger charge is 2.77. The molecule has 0 N–H and O–H groups in total. The van der Waals surface area contributed by atoms with Crippen molar-refractivity contribution in [3.63, 3.8) is 0 Å². The standard InChI is InChI=1S/C20H24I2O4/c21-19-13-7-1-3-9(25-5-23)11(7)17-15(13)16-14(20(17)22)8-2-4-10(26-6-24)12(8)18(16)19/h5-20H,1-4H2. The highest BCUT2D eigenvalue weighted by molar-refractivity contribution is 14.1. The molecule has 0 heterocycles. The Morgan fingerprint density at radius 3 is 1.38 bits per heavy atom. The number of ether oxygens (including phenoxy) is 2. The molecule has 0 radical (unpaired) electrons. The number of halogens is 2. The van der Waals surface area contributed by atoms with Crippen molar-refractivity contribution in [1.29, 1.82) is 0 Å². The molecule has 26 heavy (non-hydrogen) atoms. The van der Waals surface area contributed by atoms with Crippen LogP contribution in [-0.2, 0) is 19.1 Å². The lowest BCUT2D eigenvalue weighted by Gasteiger charge is -2.33. The van der Waals surface area contributed by atoms with Crippen LogP contribution in [0, 0.1) is 59.2 Å². The molecule has 0 aromatic rings. The van der Waals surface area contributed by atoms with Crippen LogP contribution in [0.4, 0.5) is 0 Å². The normalized spacial score (nSPS) is 63.5. The van der Waals surface area contributed by atoms with Gasteiger partial charge in [-0.3, -0.25) is 9.59 Å². The van der Waals surface area contributed by atoms with Gasteiger partial charge in [0.05, 0.1) is 0 Å². The molecule has 14 atom stereocenters. The summed E-state index contributed by atoms with van der Waals surface area (Å²) in [6.07, 6.45) is 4.91. The zero-order valence-corrected chi connectivity index (χ0v) is 18.8. The van der Waals surface area contributed by atoms with E-state index in [4.69, 9.17) is 9.47 Å². The molecule has 0 aromatic heterocycles. The first-order valence-electron chi connectivity index (χ1n) is 10.2. The summed E-state index contributed by atoms with van der Waals surface area (Å²) in [4.78, 5) is 22.1. The van der Waals surface area contributed by atoms with E-state index in [-0.39, 0.29) is 12.2 Å². The Labute approximate surface area is 181 Å². The van der Waals surface area contributed by atoms with Crippen LogP contribution in [0.3, 0.4) is 0 Å². The predicted molar refractivity (Wildman–Crippen MR) is 111 cm³/mol. The Balaban J connectivity index is 1.40. The van der Waals surface area contributed by atoms with Crippen LogP contribution in [0.15, 0.2) is 0 Å². The van der Waals surface area contributed by atoms with E-state index in [0.29, 0.717) is 32.6 Å². The number of hydrogen-bond donors (Lipinski definition) is 0. The molecule has 4 nitrogen and oxygen atoms in total. The maximum Gasteiger partial charge on any atom is 0.293 e. The van der Waals surface area contributed by atoms with Gasteiger partial charge < -0.3 is 9.47 Å². The lowest BCUT2D eigenvalue weighted by molar-refractivity contribution is -0.137. The van der Waals surface area contributed by atoms with Gasteiger partial charge in [0.25, 0.3) is 12.9 Å². The minimum atomic E-state index is 0.164. The van der Waals surface area contributed by atoms with Crippen molar-refractivity contribution in [2.24, 2.45) is 59.2 Å². The number of carbonyl (C=O) groups is 2. The van der Waals surface area contributed by atoms with Gasteiger partial charge in [-0.05, 0) is 73.0 Å². The zero-order valence-electron chi connectivity index (χ0n) is 14.5. The van der Waals surface area contributed by atoms with Crippen LogP contribution in [0.5, 0.6) is 0 Å². The molecular formula is C20H24I2O4. The van der Waals surface area contributed by atoms with Crippen molar-refractivity contribution >= 4 is 58.1 Å². The molecule has 6 fully saturated rings. The monoisotopic (exact) mass is 582 g/mol. The third-order valence-corrected chi connectivity index (χ3v) is 12.8. The van der Waals surface area contributed by atoms with Crippen LogP contribution >= 0.6 is 45.2 Å². The molecule has 0 bridgehead atoms. The van der Waals surface area contributed by atoms with Gasteiger partial charge in [0.2, 0.25) is 0 Å². The second-order valence-electron chi connectivity index (χ2n) is 9.53. The second-order valence-corrected chi connectivity index (χ2v) is 12.4. The van der Waals surface area contributed by atoms with Gasteiger partial charge in [-0.2, -0.15) is 0 Å². The molecule has 0 saturated heterocycles. The quantitative estimate of drug-likeness (QED) is 0.290. The number of rotatable bonds is 4. The van der Waals surface area contributed by atoms with E-state index in [1.54, 1.807) is 0 Å². The summed E-state index contributed by atoms with van der Waals surface area (Å²) in [7, 11) is 0. The number of carbonyl (C=O) groups excluding carboxylic acids is 2. The zero-order chi connectivity index (χ0) is 17.7. The van der Waals surface area contributed by atoms with Crippen LogP contribution in [-0.4, -0.2) is 33.0 Å². The minimum Gasteiger partial charge on any atom is -0.464 e. The van der Waals surface area contributed by atoms with Gasteiger partial charge in [0.15, 0.2) is 0 Å². The van der Waals surface area contributed by atoms with E-state index in [9.17, 15) is 9.59 Å². The third-order valence-electron chi connectivity index (χ3n) is 9.45. The SMILES string of the molecule is O=COC1CCC2C1C1C(I)C3C4CCC(OC=O)C4C4C(I)C2C1C34. The number of hydrogen-bond acceptors (Lipinski definition) is 4. The molecule has 0 aliphatic heterocycles. The summed E-state index contributed by atoms with van der Waals surface area (Å²) in [5.74, 6) is 7.39. The third kappa shape index (κ3) is 1.88. The van der Waals surface area contributed by atoms with Crippen LogP contribution < -0.4 is 0 Å². The lowest BCUT2D eigenvalue weighted by Crippen LogP contribution is -2.35. The summed E-state index contributed by atoms with van der Waals surface area (Å²) in [6, 6.07) is 0. The first-order chi connectivity index (χ1) is 12.7. The molecule has 0 spiro atoms. The highest BCUT2D eigenvalue weighted by Crippen LogP contribution is 2.78. The van der Waals surface area contributed by atoms with Crippen molar-refractivity contribution < 1.29 is 19.1 Å². The maximum absolute atomic E-state index is 11.1. The van der Waals surface area contributed by atoms with Gasteiger partial charge in [0.1, 0.15) is 12.2 Å². The Morgan fingerprint density at radius 1 is 0.577 bits per heavy atom. The fourth-order valence-electron chi connectivity index (χ4n) is 9.34. The van der Waals surface area contributed by atoms with Gasteiger partial charge in [0, 0.05) is 19.7 Å². The molecule has 14 unspecified atom stereocenters. The van der Waals surface area contributed by atoms with Crippen LogP contribution in [0.25, 0.3) is 0 Å². The Morgan fingerprint density at radius 2 is 1.00 bits per heavy atom. The molecule has 6 aliphatic rings. The molecular weight excluding hydrogens is 558 g/mol. The van der Waals surface area contributed by atoms with Crippen molar-refractivity contribution in [2.75, 3.05) is 0 Å². The highest BCUT2D eigenvalue weighted by atomic mass is 127. The number of alkyl halides is 2. The van der Waals surface area contributed by atoms with Gasteiger partial charge in [-0.15, -0.1) is 0 Å². The van der Waals surface area contributed by atoms with Gasteiger partial charge in [-0.25, -0.2) is 0 Å². The Bertz CT molecular complexity index is 589. The Hall–Kier alpha value is 0.400. The first-order valence-corrected chi connectivity index (χ1v) is 12.6. The lowest BCUT2D eigenvalue weighted by atomic mass is 9.79. The summed E-state index contributed by atoms with van der Waals surface area (Å²) < 4.78 is 12.6. The van der Waals surface area contributed by atoms with E-state index in [2.05, 4.69) is 45.2 Å². The van der Waals surface area contributed by atoms with E-state index in [1.807, 2.05) is 0 Å². The largest absolute Gasteiger partial charge is 0.464 e. The molecule has 0 amide bonds. The van der Waals surface area contributed by atoms with E-state index >= 15 is 0 Å². The molecule has 0 aromatic carbocycles. The van der Waals surface area contributed by atoms with Crippen molar-refractivity contribution in [3.8, 4) is 0 Å². The molecule has 6 rings (SSSR count). The Kier molecular flexibility index (Phi) is 3.96. The average molecular weight is 582 g/mol. The summed E-state index contributed by atoms with van der Waals surface area (Å²) in [5.41, 5.74) is 0. The smallest absolute Gasteiger partial charge is 0.293 e. The van der Waals surface area contributed by atoms with Crippen molar-refractivity contribution in [2.45, 2.75) is 45.7 Å². The fraction of sp³-hybridized carbons (Fsp3) is 0.900. The van der Waals surface area contributed by atoms with E-state index in [0.717, 1.165) is 60.2 Å². The first kappa shape index (κ1) is 17.3. The van der Waals surface area contributed by atoms with Crippen LogP contribution in [0.1, 0.15) is 25.7 Å². The van der Waals surface area contributed by atoms with Crippen molar-refractivity contribution in [3.05, 3.63) is 0 Å². The molecule has 6 saturated carbocycles. The molecule has 142 valence electrons. The van der Waals surface area contributed by atoms with Gasteiger partial charge >= 0.3 is 0 Å². The fourth-order valence-corrected chi connectivity index (χ4v) is 13.3. The molecule has 6 heteroatoms. The van der Waals surface area contributed by atoms with Crippen molar-refractivity contribution in [1.82, 2.24) is 0 Å². The minimum absolute atomic E-state index is 0.164. The summed E-state index contributed by atoms with van der Waals surface area (Å²) in [6.45, 7) is 1.38.